The van der Waals surface area contributed by atoms with Crippen LogP contribution in [0.2, 0.25) is 0 Å². The Kier molecular flexibility index (Phi) is 5.61. The molecule has 6 nitrogen and oxygen atoms in total. The van der Waals surface area contributed by atoms with E-state index in [-0.39, 0.29) is 5.91 Å². The lowest BCUT2D eigenvalue weighted by Gasteiger charge is -2.10. The molecule has 0 atom stereocenters. The normalized spacial score (nSPS) is 10.3. The van der Waals surface area contributed by atoms with Gasteiger partial charge in [0.15, 0.2) is 5.82 Å². The van der Waals surface area contributed by atoms with Crippen molar-refractivity contribution in [2.45, 2.75) is 4.90 Å². The summed E-state index contributed by atoms with van der Waals surface area (Å²) in [7, 11) is 1.55. The van der Waals surface area contributed by atoms with Crippen LogP contribution in [0.1, 0.15) is 10.4 Å². The van der Waals surface area contributed by atoms with Gasteiger partial charge in [0.05, 0.1) is 7.11 Å². The molecule has 126 valence electrons. The highest BCUT2D eigenvalue weighted by atomic mass is 32.2. The number of aromatic nitrogens is 2. The van der Waals surface area contributed by atoms with E-state index in [1.807, 2.05) is 30.3 Å². The first-order valence-corrected chi connectivity index (χ1v) is 8.31. The number of carbonyl (C=O) groups excluding carboxylic acids is 1. The molecule has 0 aliphatic heterocycles. The number of ether oxygens (including phenoxy) is 1. The van der Waals surface area contributed by atoms with Crippen molar-refractivity contribution >= 4 is 17.9 Å². The monoisotopic (exact) mass is 352 g/mol. The van der Waals surface area contributed by atoms with Crippen LogP contribution in [0.5, 0.6) is 5.75 Å². The summed E-state index contributed by atoms with van der Waals surface area (Å²) < 4.78 is 5.28. The Morgan fingerprint density at radius 2 is 1.80 bits per heavy atom. The third-order valence-corrected chi connectivity index (χ3v) is 4.02. The van der Waals surface area contributed by atoms with Crippen molar-refractivity contribution in [2.24, 2.45) is 0 Å². The summed E-state index contributed by atoms with van der Waals surface area (Å²) in [5, 5.41) is 0. The molecule has 1 aromatic heterocycles. The molecule has 0 aliphatic rings. The Labute approximate surface area is 149 Å². The third kappa shape index (κ3) is 4.56. The molecule has 0 unspecified atom stereocenters. The summed E-state index contributed by atoms with van der Waals surface area (Å²) in [6.45, 7) is 0. The largest absolute Gasteiger partial charge is 0.497 e. The molecule has 0 saturated heterocycles. The summed E-state index contributed by atoms with van der Waals surface area (Å²) in [6.07, 6.45) is 3.30. The number of nitrogens with one attached hydrogen (secondary N) is 2. The number of methoxy groups -OCH3 is 1. The number of nitrogens with zero attached hydrogens (tertiary/aromatic N) is 2. The van der Waals surface area contributed by atoms with Gasteiger partial charge in [-0.2, -0.15) is 4.83 Å². The van der Waals surface area contributed by atoms with Crippen LogP contribution in [0.4, 0.5) is 0 Å². The maximum atomic E-state index is 12.4. The molecule has 7 heteroatoms. The quantitative estimate of drug-likeness (QED) is 0.524. The van der Waals surface area contributed by atoms with E-state index in [9.17, 15) is 4.79 Å². The van der Waals surface area contributed by atoms with Crippen molar-refractivity contribution in [3.8, 4) is 17.1 Å². The van der Waals surface area contributed by atoms with Crippen LogP contribution < -0.4 is 15.0 Å². The van der Waals surface area contributed by atoms with E-state index in [1.54, 1.807) is 43.8 Å². The van der Waals surface area contributed by atoms with Crippen LogP contribution in [0.15, 0.2) is 71.9 Å². The van der Waals surface area contributed by atoms with E-state index < -0.39 is 0 Å². The molecule has 0 saturated carbocycles. The summed E-state index contributed by atoms with van der Waals surface area (Å²) in [5.41, 5.74) is 3.81. The number of hydrazine groups is 1. The fourth-order valence-electron chi connectivity index (χ4n) is 2.12. The topological polar surface area (TPSA) is 76.1 Å². The molecule has 1 amide bonds. The average Bonchev–Trinajstić information content (AvgIpc) is 2.69. The zero-order chi connectivity index (χ0) is 17.5. The van der Waals surface area contributed by atoms with Gasteiger partial charge in [-0.15, -0.1) is 0 Å². The number of hydrogen-bond donors (Lipinski definition) is 2. The van der Waals surface area contributed by atoms with Gasteiger partial charge in [-0.05, 0) is 48.3 Å². The number of benzene rings is 2. The van der Waals surface area contributed by atoms with Crippen molar-refractivity contribution in [2.75, 3.05) is 7.11 Å². The first-order valence-electron chi connectivity index (χ1n) is 7.50. The fourth-order valence-corrected chi connectivity index (χ4v) is 2.67. The van der Waals surface area contributed by atoms with E-state index in [0.717, 1.165) is 4.90 Å². The van der Waals surface area contributed by atoms with Crippen molar-refractivity contribution in [3.63, 3.8) is 0 Å². The number of rotatable bonds is 6. The molecule has 0 bridgehead atoms. The van der Waals surface area contributed by atoms with Gasteiger partial charge in [0, 0.05) is 28.4 Å². The molecule has 0 fully saturated rings. The second-order valence-corrected chi connectivity index (χ2v) is 5.87. The van der Waals surface area contributed by atoms with Crippen molar-refractivity contribution < 1.29 is 9.53 Å². The van der Waals surface area contributed by atoms with Gasteiger partial charge in [0.1, 0.15) is 5.75 Å². The Morgan fingerprint density at radius 3 is 2.52 bits per heavy atom. The van der Waals surface area contributed by atoms with Gasteiger partial charge >= 0.3 is 0 Å². The molecular weight excluding hydrogens is 336 g/mol. The second kappa shape index (κ2) is 8.27. The lowest BCUT2D eigenvalue weighted by atomic mass is 10.1. The maximum Gasteiger partial charge on any atom is 0.266 e. The Hall–Kier alpha value is -2.90. The fraction of sp³-hybridized carbons (Fsp3) is 0.0556. The minimum Gasteiger partial charge on any atom is -0.497 e. The first kappa shape index (κ1) is 16.9. The van der Waals surface area contributed by atoms with Gasteiger partial charge in [-0.1, -0.05) is 18.2 Å². The zero-order valence-corrected chi connectivity index (χ0v) is 14.3. The van der Waals surface area contributed by atoms with Crippen LogP contribution in [-0.4, -0.2) is 23.0 Å². The molecule has 0 radical (unpaired) electrons. The van der Waals surface area contributed by atoms with E-state index in [1.165, 1.54) is 11.9 Å². The van der Waals surface area contributed by atoms with Gasteiger partial charge in [-0.3, -0.25) is 10.2 Å². The van der Waals surface area contributed by atoms with Crippen LogP contribution in [0.25, 0.3) is 11.4 Å². The smallest absolute Gasteiger partial charge is 0.266 e. The Bertz CT molecular complexity index is 844. The van der Waals surface area contributed by atoms with Crippen LogP contribution >= 0.6 is 11.9 Å². The second-order valence-electron chi connectivity index (χ2n) is 4.99. The lowest BCUT2D eigenvalue weighted by molar-refractivity contribution is 0.0946. The molecular formula is C18H16N4O2S. The summed E-state index contributed by atoms with van der Waals surface area (Å²) in [6, 6.07) is 16.6. The molecule has 2 N–H and O–H groups in total. The SMILES string of the molecule is COc1cc(C(=O)NNSc2ccccc2)cc(-c2ncccn2)c1. The highest BCUT2D eigenvalue weighted by molar-refractivity contribution is 7.97. The minimum atomic E-state index is -0.278. The maximum absolute atomic E-state index is 12.4. The van der Waals surface area contributed by atoms with Gasteiger partial charge in [-0.25, -0.2) is 9.97 Å². The molecule has 3 rings (SSSR count). The average molecular weight is 352 g/mol. The van der Waals surface area contributed by atoms with Gasteiger partial charge in [0.25, 0.3) is 5.91 Å². The predicted molar refractivity (Wildman–Crippen MR) is 96.9 cm³/mol. The Balaban J connectivity index is 1.73. The molecule has 0 aliphatic carbocycles. The number of hydrogen-bond acceptors (Lipinski definition) is 6. The van der Waals surface area contributed by atoms with Crippen molar-refractivity contribution in [1.29, 1.82) is 0 Å². The first-order chi connectivity index (χ1) is 12.3. The summed E-state index contributed by atoms with van der Waals surface area (Å²) in [5.74, 6) is 0.812. The van der Waals surface area contributed by atoms with E-state index in [2.05, 4.69) is 20.2 Å². The molecule has 3 aromatic rings. The van der Waals surface area contributed by atoms with E-state index in [4.69, 9.17) is 4.74 Å². The van der Waals surface area contributed by atoms with Gasteiger partial charge in [0.2, 0.25) is 0 Å². The van der Waals surface area contributed by atoms with E-state index in [0.29, 0.717) is 22.7 Å². The minimum absolute atomic E-state index is 0.278. The zero-order valence-electron chi connectivity index (χ0n) is 13.5. The highest BCUT2D eigenvalue weighted by Crippen LogP contribution is 2.23. The van der Waals surface area contributed by atoms with Crippen LogP contribution in [0, 0.1) is 0 Å². The molecule has 1 heterocycles. The standard InChI is InChI=1S/C18H16N4O2S/c1-24-15-11-13(17-19-8-5-9-20-17)10-14(12-15)18(23)21-22-25-16-6-3-2-4-7-16/h2-12,22H,1H3,(H,21,23). The summed E-state index contributed by atoms with van der Waals surface area (Å²) in [4.78, 5) is 24.7. The third-order valence-electron chi connectivity index (χ3n) is 3.31. The van der Waals surface area contributed by atoms with Crippen molar-refractivity contribution in [3.05, 3.63) is 72.6 Å². The van der Waals surface area contributed by atoms with Gasteiger partial charge < -0.3 is 4.74 Å². The molecule has 25 heavy (non-hydrogen) atoms. The van der Waals surface area contributed by atoms with E-state index >= 15 is 0 Å². The molecule has 0 spiro atoms. The van der Waals surface area contributed by atoms with Crippen molar-refractivity contribution in [1.82, 2.24) is 20.2 Å². The number of carbonyl (C=O) groups is 1. The Morgan fingerprint density at radius 1 is 1.04 bits per heavy atom. The lowest BCUT2D eigenvalue weighted by Crippen LogP contribution is -2.32. The van der Waals surface area contributed by atoms with Crippen LogP contribution in [-0.2, 0) is 0 Å². The van der Waals surface area contributed by atoms with Crippen LogP contribution in [0.3, 0.4) is 0 Å². The summed E-state index contributed by atoms with van der Waals surface area (Å²) >= 11 is 1.32. The highest BCUT2D eigenvalue weighted by Gasteiger charge is 2.11. The predicted octanol–water partition coefficient (Wildman–Crippen LogP) is 3.09. The molecule has 2 aromatic carbocycles. The number of amides is 1.